The molecule has 2 atom stereocenters. The van der Waals surface area contributed by atoms with Crippen molar-refractivity contribution in [2.75, 3.05) is 0 Å². The van der Waals surface area contributed by atoms with Crippen molar-refractivity contribution >= 4 is 17.4 Å². The van der Waals surface area contributed by atoms with E-state index in [1.165, 1.54) is 12.8 Å². The zero-order valence-electron chi connectivity index (χ0n) is 11.4. The SMILES string of the molecule is Cc1nn(C)c(Cl)c1CC(=O)C1CCCC(C)C1. The van der Waals surface area contributed by atoms with Gasteiger partial charge in [-0.05, 0) is 25.7 Å². The Labute approximate surface area is 114 Å². The monoisotopic (exact) mass is 268 g/mol. The van der Waals surface area contributed by atoms with Crippen LogP contribution >= 0.6 is 11.6 Å². The summed E-state index contributed by atoms with van der Waals surface area (Å²) in [5.41, 5.74) is 1.78. The van der Waals surface area contributed by atoms with Crippen molar-refractivity contribution in [3.63, 3.8) is 0 Å². The van der Waals surface area contributed by atoms with E-state index in [4.69, 9.17) is 11.6 Å². The number of hydrogen-bond acceptors (Lipinski definition) is 2. The maximum absolute atomic E-state index is 12.3. The molecule has 1 aromatic heterocycles. The largest absolute Gasteiger partial charge is 0.299 e. The number of halogens is 1. The standard InChI is InChI=1S/C14H21ClN2O/c1-9-5-4-6-11(7-9)13(18)8-12-10(2)16-17(3)14(12)15/h9,11H,4-8H2,1-3H3. The molecular formula is C14H21ClN2O. The molecule has 18 heavy (non-hydrogen) atoms. The topological polar surface area (TPSA) is 34.9 Å². The number of carbonyl (C=O) groups excluding carboxylic acids is 1. The maximum Gasteiger partial charge on any atom is 0.140 e. The molecule has 1 aliphatic rings. The Morgan fingerprint density at radius 3 is 2.78 bits per heavy atom. The number of nitrogens with zero attached hydrogens (tertiary/aromatic N) is 2. The van der Waals surface area contributed by atoms with E-state index in [0.29, 0.717) is 23.3 Å². The van der Waals surface area contributed by atoms with Crippen LogP contribution in [0.4, 0.5) is 0 Å². The second-order valence-corrected chi connectivity index (χ2v) is 5.95. The number of ketones is 1. The Kier molecular flexibility index (Phi) is 4.10. The lowest BCUT2D eigenvalue weighted by Crippen LogP contribution is -2.23. The fourth-order valence-electron chi connectivity index (χ4n) is 2.92. The van der Waals surface area contributed by atoms with E-state index in [1.54, 1.807) is 4.68 Å². The van der Waals surface area contributed by atoms with Crippen molar-refractivity contribution in [3.8, 4) is 0 Å². The van der Waals surface area contributed by atoms with Gasteiger partial charge in [0.05, 0.1) is 5.69 Å². The van der Waals surface area contributed by atoms with Crippen LogP contribution in [0.1, 0.15) is 43.9 Å². The van der Waals surface area contributed by atoms with Gasteiger partial charge in [0.25, 0.3) is 0 Å². The first-order valence-electron chi connectivity index (χ1n) is 6.69. The molecule has 0 spiro atoms. The molecule has 1 aromatic rings. The van der Waals surface area contributed by atoms with E-state index in [1.807, 2.05) is 14.0 Å². The van der Waals surface area contributed by atoms with Gasteiger partial charge in [0.1, 0.15) is 10.9 Å². The number of carbonyl (C=O) groups is 1. The Hall–Kier alpha value is -0.830. The van der Waals surface area contributed by atoms with Gasteiger partial charge in [-0.1, -0.05) is 31.4 Å². The highest BCUT2D eigenvalue weighted by molar-refractivity contribution is 6.30. The molecule has 0 bridgehead atoms. The zero-order valence-corrected chi connectivity index (χ0v) is 12.1. The number of hydrogen-bond donors (Lipinski definition) is 0. The van der Waals surface area contributed by atoms with Gasteiger partial charge in [0.2, 0.25) is 0 Å². The fourth-order valence-corrected chi connectivity index (χ4v) is 3.16. The lowest BCUT2D eigenvalue weighted by molar-refractivity contribution is -0.123. The van der Waals surface area contributed by atoms with Crippen molar-refractivity contribution in [1.29, 1.82) is 0 Å². The Bertz CT molecular complexity index is 453. The summed E-state index contributed by atoms with van der Waals surface area (Å²) < 4.78 is 1.64. The maximum atomic E-state index is 12.3. The van der Waals surface area contributed by atoms with Gasteiger partial charge in [-0.15, -0.1) is 0 Å². The van der Waals surface area contributed by atoms with Crippen molar-refractivity contribution in [2.45, 2.75) is 46.0 Å². The summed E-state index contributed by atoms with van der Waals surface area (Å²) in [4.78, 5) is 12.3. The molecular weight excluding hydrogens is 248 g/mol. The van der Waals surface area contributed by atoms with Crippen LogP contribution in [0.5, 0.6) is 0 Å². The molecule has 1 heterocycles. The molecule has 0 aromatic carbocycles. The minimum Gasteiger partial charge on any atom is -0.299 e. The molecule has 0 amide bonds. The third-order valence-electron chi connectivity index (χ3n) is 4.01. The predicted molar refractivity (Wildman–Crippen MR) is 72.8 cm³/mol. The van der Waals surface area contributed by atoms with Gasteiger partial charge in [0, 0.05) is 24.9 Å². The summed E-state index contributed by atoms with van der Waals surface area (Å²) in [7, 11) is 1.81. The van der Waals surface area contributed by atoms with Gasteiger partial charge < -0.3 is 0 Å². The molecule has 0 radical (unpaired) electrons. The lowest BCUT2D eigenvalue weighted by atomic mass is 9.79. The summed E-state index contributed by atoms with van der Waals surface area (Å²) in [6.45, 7) is 4.15. The summed E-state index contributed by atoms with van der Waals surface area (Å²) in [6.07, 6.45) is 4.96. The van der Waals surface area contributed by atoms with Gasteiger partial charge in [0.15, 0.2) is 0 Å². The zero-order chi connectivity index (χ0) is 13.3. The molecule has 0 N–H and O–H groups in total. The molecule has 1 aliphatic carbocycles. The molecule has 2 unspecified atom stereocenters. The van der Waals surface area contributed by atoms with Gasteiger partial charge in [-0.25, -0.2) is 0 Å². The number of aryl methyl sites for hydroxylation is 2. The summed E-state index contributed by atoms with van der Waals surface area (Å²) in [6, 6.07) is 0. The van der Waals surface area contributed by atoms with Crippen LogP contribution in [0.15, 0.2) is 0 Å². The predicted octanol–water partition coefficient (Wildman–Crippen LogP) is 3.32. The number of rotatable bonds is 3. The number of aromatic nitrogens is 2. The summed E-state index contributed by atoms with van der Waals surface area (Å²) in [5.74, 6) is 1.24. The van der Waals surface area contributed by atoms with Crippen LogP contribution in [0.2, 0.25) is 5.15 Å². The van der Waals surface area contributed by atoms with E-state index >= 15 is 0 Å². The van der Waals surface area contributed by atoms with Gasteiger partial charge in [-0.3, -0.25) is 9.48 Å². The molecule has 1 saturated carbocycles. The van der Waals surface area contributed by atoms with E-state index in [9.17, 15) is 4.79 Å². The second kappa shape index (κ2) is 5.43. The van der Waals surface area contributed by atoms with E-state index in [0.717, 1.165) is 24.1 Å². The van der Waals surface area contributed by atoms with Crippen molar-refractivity contribution in [3.05, 3.63) is 16.4 Å². The molecule has 0 aliphatic heterocycles. The first-order chi connectivity index (χ1) is 8.49. The van der Waals surface area contributed by atoms with E-state index < -0.39 is 0 Å². The highest BCUT2D eigenvalue weighted by Gasteiger charge is 2.26. The van der Waals surface area contributed by atoms with Gasteiger partial charge in [-0.2, -0.15) is 5.10 Å². The molecule has 0 saturated heterocycles. The highest BCUT2D eigenvalue weighted by atomic mass is 35.5. The average molecular weight is 269 g/mol. The van der Waals surface area contributed by atoms with Crippen LogP contribution < -0.4 is 0 Å². The van der Waals surface area contributed by atoms with Crippen LogP contribution in [-0.4, -0.2) is 15.6 Å². The third-order valence-corrected chi connectivity index (χ3v) is 4.49. The minimum absolute atomic E-state index is 0.226. The second-order valence-electron chi connectivity index (χ2n) is 5.59. The van der Waals surface area contributed by atoms with Crippen LogP contribution in [0, 0.1) is 18.8 Å². The Morgan fingerprint density at radius 1 is 1.50 bits per heavy atom. The average Bonchev–Trinajstić information content (AvgIpc) is 2.56. The van der Waals surface area contributed by atoms with Crippen molar-refractivity contribution < 1.29 is 4.79 Å². The van der Waals surface area contributed by atoms with Crippen LogP contribution in [-0.2, 0) is 18.3 Å². The van der Waals surface area contributed by atoms with Crippen molar-refractivity contribution in [1.82, 2.24) is 9.78 Å². The normalized spacial score (nSPS) is 24.2. The smallest absolute Gasteiger partial charge is 0.140 e. The van der Waals surface area contributed by atoms with Crippen LogP contribution in [0.3, 0.4) is 0 Å². The van der Waals surface area contributed by atoms with Crippen LogP contribution in [0.25, 0.3) is 0 Å². The number of Topliss-reactive ketones (excluding diaryl/α,β-unsaturated/α-hetero) is 1. The summed E-state index contributed by atoms with van der Waals surface area (Å²) in [5, 5.41) is 4.86. The van der Waals surface area contributed by atoms with Gasteiger partial charge >= 0.3 is 0 Å². The van der Waals surface area contributed by atoms with E-state index in [-0.39, 0.29) is 5.92 Å². The molecule has 2 rings (SSSR count). The lowest BCUT2D eigenvalue weighted by Gasteiger charge is -2.25. The van der Waals surface area contributed by atoms with E-state index in [2.05, 4.69) is 12.0 Å². The molecule has 1 fully saturated rings. The molecule has 4 heteroatoms. The first kappa shape index (κ1) is 13.6. The first-order valence-corrected chi connectivity index (χ1v) is 7.07. The molecule has 100 valence electrons. The Balaban J connectivity index is 2.06. The summed E-state index contributed by atoms with van der Waals surface area (Å²) >= 11 is 6.17. The fraction of sp³-hybridized carbons (Fsp3) is 0.714. The van der Waals surface area contributed by atoms with Crippen molar-refractivity contribution in [2.24, 2.45) is 18.9 Å². The quantitative estimate of drug-likeness (QED) is 0.843. The minimum atomic E-state index is 0.226. The highest BCUT2D eigenvalue weighted by Crippen LogP contribution is 2.31. The third kappa shape index (κ3) is 2.77. The Morgan fingerprint density at radius 2 is 2.22 bits per heavy atom. The molecule has 3 nitrogen and oxygen atoms in total.